The molecule has 2 unspecified atom stereocenters. The zero-order chi connectivity index (χ0) is 10.7. The maximum absolute atomic E-state index is 9.02. The fourth-order valence-corrected chi connectivity index (χ4v) is 3.45. The molecule has 1 aliphatic rings. The first-order valence-electron chi connectivity index (χ1n) is 5.43. The molecular weight excluding hydrogens is 202 g/mol. The van der Waals surface area contributed by atoms with E-state index in [1.54, 1.807) is 0 Å². The molecule has 1 nitrogen and oxygen atoms in total. The molecule has 1 aromatic rings. The van der Waals surface area contributed by atoms with Crippen LogP contribution in [0.25, 0.3) is 0 Å². The van der Waals surface area contributed by atoms with E-state index in [1.165, 1.54) is 23.3 Å². The highest BCUT2D eigenvalue weighted by Gasteiger charge is 2.28. The second-order valence-corrected chi connectivity index (χ2v) is 5.37. The van der Waals surface area contributed by atoms with Gasteiger partial charge in [-0.25, -0.2) is 0 Å². The summed E-state index contributed by atoms with van der Waals surface area (Å²) < 4.78 is 0. The average Bonchev–Trinajstić information content (AvgIpc) is 2.69. The highest BCUT2D eigenvalue weighted by molar-refractivity contribution is 8.00. The molecule has 0 bridgehead atoms. The zero-order valence-electron chi connectivity index (χ0n) is 8.94. The maximum atomic E-state index is 9.02. The van der Waals surface area contributed by atoms with Crippen molar-refractivity contribution in [3.8, 4) is 6.07 Å². The summed E-state index contributed by atoms with van der Waals surface area (Å²) in [5.41, 5.74) is 1.33. The van der Waals surface area contributed by atoms with Gasteiger partial charge in [0.2, 0.25) is 0 Å². The number of thioether (sulfide) groups is 1. The number of nitrogens with zero attached hydrogens (tertiary/aromatic N) is 1. The molecule has 2 rings (SSSR count). The third kappa shape index (κ3) is 2.35. The van der Waals surface area contributed by atoms with Gasteiger partial charge in [-0.15, -0.1) is 11.8 Å². The van der Waals surface area contributed by atoms with Gasteiger partial charge in [0.15, 0.2) is 0 Å². The number of rotatable bonds is 2. The highest BCUT2D eigenvalue weighted by Crippen LogP contribution is 2.39. The Hall–Kier alpha value is -0.940. The third-order valence-electron chi connectivity index (χ3n) is 2.99. The van der Waals surface area contributed by atoms with Crippen molar-refractivity contribution in [1.82, 2.24) is 0 Å². The van der Waals surface area contributed by atoms with Gasteiger partial charge in [-0.3, -0.25) is 0 Å². The smallest absolute Gasteiger partial charge is 0.0667 e. The number of aryl methyl sites for hydroxylation is 1. The molecule has 1 aromatic carbocycles. The molecule has 0 spiro atoms. The number of hydrogen-bond donors (Lipinski definition) is 0. The van der Waals surface area contributed by atoms with Crippen molar-refractivity contribution in [2.45, 2.75) is 36.3 Å². The fraction of sp³-hybridized carbons (Fsp3) is 0.462. The first-order chi connectivity index (χ1) is 7.31. The van der Waals surface area contributed by atoms with E-state index in [0.29, 0.717) is 5.25 Å². The quantitative estimate of drug-likeness (QED) is 0.752. The van der Waals surface area contributed by atoms with Crippen molar-refractivity contribution >= 4 is 11.8 Å². The van der Waals surface area contributed by atoms with Crippen LogP contribution in [0, 0.1) is 24.2 Å². The van der Waals surface area contributed by atoms with E-state index in [2.05, 4.69) is 37.3 Å². The summed E-state index contributed by atoms with van der Waals surface area (Å²) in [6, 6.07) is 10.9. The Kier molecular flexibility index (Phi) is 3.33. The monoisotopic (exact) mass is 217 g/mol. The van der Waals surface area contributed by atoms with Gasteiger partial charge in [-0.2, -0.15) is 5.26 Å². The van der Waals surface area contributed by atoms with Gasteiger partial charge in [0.1, 0.15) is 0 Å². The van der Waals surface area contributed by atoms with E-state index in [-0.39, 0.29) is 5.92 Å². The number of benzene rings is 1. The van der Waals surface area contributed by atoms with Crippen molar-refractivity contribution in [1.29, 1.82) is 5.26 Å². The summed E-state index contributed by atoms with van der Waals surface area (Å²) in [6.45, 7) is 2.14. The Morgan fingerprint density at radius 2 is 2.13 bits per heavy atom. The summed E-state index contributed by atoms with van der Waals surface area (Å²) in [5.74, 6) is 0.259. The molecule has 78 valence electrons. The van der Waals surface area contributed by atoms with Crippen LogP contribution in [0.2, 0.25) is 0 Å². The fourth-order valence-electron chi connectivity index (χ4n) is 2.07. The van der Waals surface area contributed by atoms with E-state index >= 15 is 0 Å². The lowest BCUT2D eigenvalue weighted by molar-refractivity contribution is 0.714. The van der Waals surface area contributed by atoms with Crippen LogP contribution < -0.4 is 0 Å². The minimum absolute atomic E-state index is 0.259. The largest absolute Gasteiger partial charge is 0.198 e. The summed E-state index contributed by atoms with van der Waals surface area (Å²) in [6.07, 6.45) is 3.49. The van der Waals surface area contributed by atoms with Crippen LogP contribution in [0.1, 0.15) is 24.8 Å². The average molecular weight is 217 g/mol. The molecule has 2 atom stereocenters. The van der Waals surface area contributed by atoms with Gasteiger partial charge in [-0.1, -0.05) is 24.6 Å². The third-order valence-corrected chi connectivity index (χ3v) is 4.57. The standard InChI is InChI=1S/C13H15NS/c1-10-5-2-3-7-12(10)15-13-8-4-6-11(13)9-14/h2-3,5,7,11,13H,4,6,8H2,1H3. The van der Waals surface area contributed by atoms with Gasteiger partial charge in [0.05, 0.1) is 12.0 Å². The van der Waals surface area contributed by atoms with Gasteiger partial charge in [0, 0.05) is 10.1 Å². The summed E-state index contributed by atoms with van der Waals surface area (Å²) in [7, 11) is 0. The molecule has 0 N–H and O–H groups in total. The normalized spacial score (nSPS) is 25.1. The Labute approximate surface area is 95.5 Å². The van der Waals surface area contributed by atoms with E-state index in [1.807, 2.05) is 11.8 Å². The van der Waals surface area contributed by atoms with Crippen molar-refractivity contribution in [3.63, 3.8) is 0 Å². The van der Waals surface area contributed by atoms with Crippen LogP contribution in [-0.2, 0) is 0 Å². The van der Waals surface area contributed by atoms with Crippen LogP contribution in [0.5, 0.6) is 0 Å². The molecule has 0 radical (unpaired) electrons. The molecule has 1 aliphatic carbocycles. The van der Waals surface area contributed by atoms with Crippen molar-refractivity contribution in [2.75, 3.05) is 0 Å². The zero-order valence-corrected chi connectivity index (χ0v) is 9.76. The Bertz CT molecular complexity index is 380. The van der Waals surface area contributed by atoms with Gasteiger partial charge in [-0.05, 0) is 31.4 Å². The molecule has 1 saturated carbocycles. The molecule has 0 heterocycles. The lowest BCUT2D eigenvalue weighted by atomic mass is 10.1. The molecule has 15 heavy (non-hydrogen) atoms. The summed E-state index contributed by atoms with van der Waals surface area (Å²) >= 11 is 1.89. The van der Waals surface area contributed by atoms with Crippen LogP contribution in [-0.4, -0.2) is 5.25 Å². The first-order valence-corrected chi connectivity index (χ1v) is 6.31. The second kappa shape index (κ2) is 4.72. The predicted molar refractivity (Wildman–Crippen MR) is 63.8 cm³/mol. The van der Waals surface area contributed by atoms with E-state index < -0.39 is 0 Å². The van der Waals surface area contributed by atoms with E-state index in [0.717, 1.165) is 6.42 Å². The Morgan fingerprint density at radius 1 is 1.33 bits per heavy atom. The number of nitriles is 1. The topological polar surface area (TPSA) is 23.8 Å². The van der Waals surface area contributed by atoms with E-state index in [9.17, 15) is 0 Å². The highest BCUT2D eigenvalue weighted by atomic mass is 32.2. The molecule has 0 saturated heterocycles. The number of hydrogen-bond acceptors (Lipinski definition) is 2. The maximum Gasteiger partial charge on any atom is 0.0667 e. The first kappa shape index (κ1) is 10.6. The van der Waals surface area contributed by atoms with Crippen molar-refractivity contribution in [3.05, 3.63) is 29.8 Å². The molecule has 0 aliphatic heterocycles. The molecule has 0 aromatic heterocycles. The van der Waals surface area contributed by atoms with Crippen LogP contribution in [0.3, 0.4) is 0 Å². The van der Waals surface area contributed by atoms with Gasteiger partial charge in [0.25, 0.3) is 0 Å². The molecule has 1 fully saturated rings. The van der Waals surface area contributed by atoms with Gasteiger partial charge >= 0.3 is 0 Å². The van der Waals surface area contributed by atoms with E-state index in [4.69, 9.17) is 5.26 Å². The van der Waals surface area contributed by atoms with Crippen LogP contribution >= 0.6 is 11.8 Å². The minimum Gasteiger partial charge on any atom is -0.198 e. The Balaban J connectivity index is 2.09. The van der Waals surface area contributed by atoms with Crippen molar-refractivity contribution in [2.24, 2.45) is 5.92 Å². The van der Waals surface area contributed by atoms with Crippen molar-refractivity contribution < 1.29 is 0 Å². The SMILES string of the molecule is Cc1ccccc1SC1CCCC1C#N. The summed E-state index contributed by atoms with van der Waals surface area (Å²) in [5, 5.41) is 9.53. The second-order valence-electron chi connectivity index (χ2n) is 4.09. The van der Waals surface area contributed by atoms with Crippen LogP contribution in [0.15, 0.2) is 29.2 Å². The molecular formula is C13H15NS. The lowest BCUT2D eigenvalue weighted by Crippen LogP contribution is -2.07. The van der Waals surface area contributed by atoms with Crippen LogP contribution in [0.4, 0.5) is 0 Å². The summed E-state index contributed by atoms with van der Waals surface area (Å²) in [4.78, 5) is 1.34. The molecule has 0 amide bonds. The Morgan fingerprint density at radius 3 is 2.87 bits per heavy atom. The van der Waals surface area contributed by atoms with Gasteiger partial charge < -0.3 is 0 Å². The predicted octanol–water partition coefficient (Wildman–Crippen LogP) is 3.78. The lowest BCUT2D eigenvalue weighted by Gasteiger charge is -2.14. The molecule has 2 heteroatoms. The minimum atomic E-state index is 0.259.